The van der Waals surface area contributed by atoms with Crippen molar-refractivity contribution in [3.05, 3.63) is 30.1 Å². The van der Waals surface area contributed by atoms with Crippen molar-refractivity contribution in [1.82, 2.24) is 9.88 Å². The highest BCUT2D eigenvalue weighted by molar-refractivity contribution is 5.72. The molecule has 0 aliphatic heterocycles. The molecule has 112 valence electrons. The van der Waals surface area contributed by atoms with Crippen LogP contribution >= 0.6 is 0 Å². The van der Waals surface area contributed by atoms with Gasteiger partial charge in [0.05, 0.1) is 6.54 Å². The van der Waals surface area contributed by atoms with Gasteiger partial charge in [-0.05, 0) is 38.8 Å². The van der Waals surface area contributed by atoms with Gasteiger partial charge in [-0.25, -0.2) is 0 Å². The molecule has 0 amide bonds. The fourth-order valence-electron chi connectivity index (χ4n) is 1.81. The summed E-state index contributed by atoms with van der Waals surface area (Å²) >= 11 is 0. The maximum Gasteiger partial charge on any atom is 0.320 e. The molecule has 0 unspecified atom stereocenters. The van der Waals surface area contributed by atoms with Crippen LogP contribution < -0.4 is 0 Å². The molecule has 0 saturated carbocycles. The number of hydrogen-bond acceptors (Lipinski definition) is 5. The standard InChI is InChI=1S/C15H24N2O3/c1-15(2,3)20-14(19)12-17(8-5-9-18)11-13-6-4-7-16-10-13/h4,6-7,10,18H,5,8-9,11-12H2,1-3H3. The zero-order chi connectivity index (χ0) is 15.0. The van der Waals surface area contributed by atoms with Crippen LogP contribution in [0.25, 0.3) is 0 Å². The van der Waals surface area contributed by atoms with E-state index in [2.05, 4.69) is 4.98 Å². The number of aliphatic hydroxyl groups excluding tert-OH is 1. The van der Waals surface area contributed by atoms with Crippen molar-refractivity contribution in [2.24, 2.45) is 0 Å². The molecule has 5 heteroatoms. The highest BCUT2D eigenvalue weighted by Gasteiger charge is 2.19. The van der Waals surface area contributed by atoms with Crippen molar-refractivity contribution in [2.45, 2.75) is 39.3 Å². The molecule has 0 saturated heterocycles. The third-order valence-electron chi connectivity index (χ3n) is 2.53. The Hall–Kier alpha value is -1.46. The van der Waals surface area contributed by atoms with Crippen LogP contribution in [-0.2, 0) is 16.1 Å². The van der Waals surface area contributed by atoms with Gasteiger partial charge in [-0.2, -0.15) is 0 Å². The summed E-state index contributed by atoms with van der Waals surface area (Å²) in [7, 11) is 0. The van der Waals surface area contributed by atoms with Crippen LogP contribution in [0.3, 0.4) is 0 Å². The summed E-state index contributed by atoms with van der Waals surface area (Å²) in [6.45, 7) is 7.14. The lowest BCUT2D eigenvalue weighted by Crippen LogP contribution is -2.35. The first-order chi connectivity index (χ1) is 9.40. The maximum atomic E-state index is 11.9. The van der Waals surface area contributed by atoms with Gasteiger partial charge in [0.2, 0.25) is 0 Å². The van der Waals surface area contributed by atoms with Crippen molar-refractivity contribution < 1.29 is 14.6 Å². The van der Waals surface area contributed by atoms with Crippen LogP contribution in [0.5, 0.6) is 0 Å². The van der Waals surface area contributed by atoms with E-state index in [0.717, 1.165) is 5.56 Å². The first-order valence-corrected chi connectivity index (χ1v) is 6.84. The van der Waals surface area contributed by atoms with Gasteiger partial charge in [0.25, 0.3) is 0 Å². The smallest absolute Gasteiger partial charge is 0.320 e. The third kappa shape index (κ3) is 7.21. The molecule has 1 heterocycles. The molecule has 0 atom stereocenters. The van der Waals surface area contributed by atoms with Crippen LogP contribution in [0.4, 0.5) is 0 Å². The summed E-state index contributed by atoms with van der Waals surface area (Å²) in [5.41, 5.74) is 0.558. The Morgan fingerprint density at radius 3 is 2.75 bits per heavy atom. The van der Waals surface area contributed by atoms with Gasteiger partial charge < -0.3 is 9.84 Å². The second kappa shape index (κ2) is 7.97. The molecule has 1 aromatic heterocycles. The zero-order valence-corrected chi connectivity index (χ0v) is 12.5. The Labute approximate surface area is 120 Å². The number of rotatable bonds is 7. The first-order valence-electron chi connectivity index (χ1n) is 6.84. The Morgan fingerprint density at radius 2 is 2.20 bits per heavy atom. The quantitative estimate of drug-likeness (QED) is 0.769. The summed E-state index contributed by atoms with van der Waals surface area (Å²) in [4.78, 5) is 17.9. The second-order valence-corrected chi connectivity index (χ2v) is 5.74. The zero-order valence-electron chi connectivity index (χ0n) is 12.5. The first kappa shape index (κ1) is 16.6. The number of aliphatic hydroxyl groups is 1. The van der Waals surface area contributed by atoms with Crippen LogP contribution in [0.2, 0.25) is 0 Å². The van der Waals surface area contributed by atoms with E-state index in [1.807, 2.05) is 37.8 Å². The van der Waals surface area contributed by atoms with Crippen molar-refractivity contribution in [1.29, 1.82) is 0 Å². The maximum absolute atomic E-state index is 11.9. The van der Waals surface area contributed by atoms with Gasteiger partial charge in [-0.15, -0.1) is 0 Å². The lowest BCUT2D eigenvalue weighted by atomic mass is 10.2. The number of esters is 1. The molecule has 0 aliphatic carbocycles. The number of carbonyl (C=O) groups is 1. The van der Waals surface area contributed by atoms with Gasteiger partial charge in [0.1, 0.15) is 5.60 Å². The van der Waals surface area contributed by atoms with Gasteiger partial charge >= 0.3 is 5.97 Å². The molecule has 1 aromatic rings. The molecule has 0 aromatic carbocycles. The monoisotopic (exact) mass is 280 g/mol. The number of hydrogen-bond donors (Lipinski definition) is 1. The Morgan fingerprint density at radius 1 is 1.45 bits per heavy atom. The minimum absolute atomic E-state index is 0.109. The fourth-order valence-corrected chi connectivity index (χ4v) is 1.81. The number of ether oxygens (including phenoxy) is 1. The van der Waals surface area contributed by atoms with Gasteiger partial charge in [0, 0.05) is 32.1 Å². The summed E-state index contributed by atoms with van der Waals surface area (Å²) in [5.74, 6) is -0.251. The Balaban J connectivity index is 2.57. The molecular weight excluding hydrogens is 256 g/mol. The van der Waals surface area contributed by atoms with E-state index >= 15 is 0 Å². The average Bonchev–Trinajstić information content (AvgIpc) is 2.35. The van der Waals surface area contributed by atoms with E-state index in [-0.39, 0.29) is 19.1 Å². The summed E-state index contributed by atoms with van der Waals surface area (Å²) in [5, 5.41) is 8.95. The Kier molecular flexibility index (Phi) is 6.61. The molecule has 1 rings (SSSR count). The lowest BCUT2D eigenvalue weighted by Gasteiger charge is -2.24. The molecular formula is C15H24N2O3. The lowest BCUT2D eigenvalue weighted by molar-refractivity contribution is -0.156. The van der Waals surface area contributed by atoms with Crippen LogP contribution in [-0.4, -0.2) is 46.3 Å². The number of pyridine rings is 1. The highest BCUT2D eigenvalue weighted by Crippen LogP contribution is 2.09. The van der Waals surface area contributed by atoms with Crippen molar-refractivity contribution in [3.63, 3.8) is 0 Å². The number of carbonyl (C=O) groups excluding carboxylic acids is 1. The number of nitrogens with zero attached hydrogens (tertiary/aromatic N) is 2. The van der Waals surface area contributed by atoms with E-state index < -0.39 is 5.60 Å². The van der Waals surface area contributed by atoms with E-state index in [0.29, 0.717) is 19.5 Å². The molecule has 20 heavy (non-hydrogen) atoms. The summed E-state index contributed by atoms with van der Waals surface area (Å²) in [6.07, 6.45) is 4.12. The van der Waals surface area contributed by atoms with E-state index in [1.54, 1.807) is 12.4 Å². The topological polar surface area (TPSA) is 62.7 Å². The molecule has 0 fully saturated rings. The largest absolute Gasteiger partial charge is 0.459 e. The van der Waals surface area contributed by atoms with Gasteiger partial charge in [-0.3, -0.25) is 14.7 Å². The van der Waals surface area contributed by atoms with E-state index in [1.165, 1.54) is 0 Å². The van der Waals surface area contributed by atoms with Crippen LogP contribution in [0.1, 0.15) is 32.8 Å². The highest BCUT2D eigenvalue weighted by atomic mass is 16.6. The molecule has 1 N–H and O–H groups in total. The van der Waals surface area contributed by atoms with Crippen molar-refractivity contribution in [3.8, 4) is 0 Å². The molecule has 0 aliphatic rings. The minimum atomic E-state index is -0.478. The van der Waals surface area contributed by atoms with Crippen molar-refractivity contribution in [2.75, 3.05) is 19.7 Å². The summed E-state index contributed by atoms with van der Waals surface area (Å²) in [6, 6.07) is 3.83. The number of aromatic nitrogens is 1. The molecule has 0 spiro atoms. The average molecular weight is 280 g/mol. The predicted molar refractivity (Wildman–Crippen MR) is 77.1 cm³/mol. The Bertz CT molecular complexity index is 401. The van der Waals surface area contributed by atoms with Crippen molar-refractivity contribution >= 4 is 5.97 Å². The fraction of sp³-hybridized carbons (Fsp3) is 0.600. The van der Waals surface area contributed by atoms with E-state index in [4.69, 9.17) is 9.84 Å². The van der Waals surface area contributed by atoms with E-state index in [9.17, 15) is 4.79 Å². The predicted octanol–water partition coefficient (Wildman–Crippen LogP) is 1.61. The molecule has 0 bridgehead atoms. The van der Waals surface area contributed by atoms with Gasteiger partial charge in [0.15, 0.2) is 0 Å². The normalized spacial score (nSPS) is 11.7. The molecule has 5 nitrogen and oxygen atoms in total. The minimum Gasteiger partial charge on any atom is -0.459 e. The van der Waals surface area contributed by atoms with Gasteiger partial charge in [-0.1, -0.05) is 6.07 Å². The SMILES string of the molecule is CC(C)(C)OC(=O)CN(CCCO)Cc1cccnc1. The third-order valence-corrected chi connectivity index (χ3v) is 2.53. The molecule has 0 radical (unpaired) electrons. The second-order valence-electron chi connectivity index (χ2n) is 5.74. The summed E-state index contributed by atoms with van der Waals surface area (Å²) < 4.78 is 5.33. The van der Waals surface area contributed by atoms with Crippen LogP contribution in [0.15, 0.2) is 24.5 Å². The van der Waals surface area contributed by atoms with Crippen LogP contribution in [0, 0.1) is 0 Å².